The topological polar surface area (TPSA) is 72.3 Å². The number of aromatic carboxylic acids is 1. The van der Waals surface area contributed by atoms with Gasteiger partial charge in [0.25, 0.3) is 5.88 Å². The molecule has 5 nitrogen and oxygen atoms in total. The molecule has 7 heteroatoms. The molecule has 0 aliphatic heterocycles. The third-order valence-corrected chi connectivity index (χ3v) is 2.81. The van der Waals surface area contributed by atoms with Crippen molar-refractivity contribution in [3.63, 3.8) is 0 Å². The first kappa shape index (κ1) is 12.8. The van der Waals surface area contributed by atoms with Crippen LogP contribution in [-0.2, 0) is 0 Å². The Labute approximate surface area is 116 Å². The Morgan fingerprint density at radius 2 is 2.17 bits per heavy atom. The highest BCUT2D eigenvalue weighted by Crippen LogP contribution is 2.31. The molecule has 0 radical (unpaired) electrons. The van der Waals surface area contributed by atoms with Gasteiger partial charge in [-0.1, -0.05) is 27.5 Å². The zero-order valence-corrected chi connectivity index (χ0v) is 11.1. The van der Waals surface area contributed by atoms with Crippen LogP contribution in [0.5, 0.6) is 11.6 Å². The summed E-state index contributed by atoms with van der Waals surface area (Å²) >= 11 is 9.22. The molecule has 92 valence electrons. The second-order valence-corrected chi connectivity index (χ2v) is 4.55. The van der Waals surface area contributed by atoms with Crippen molar-refractivity contribution in [3.05, 3.63) is 45.5 Å². The molecule has 0 saturated heterocycles. The number of benzene rings is 1. The molecule has 1 aromatic heterocycles. The Kier molecular flexibility index (Phi) is 3.78. The standard InChI is InChI=1S/C11H6BrClN2O3/c12-6-1-2-9(8(13)5-6)18-10-7(11(16)17)3-4-14-15-10/h1-5H,(H,16,17). The number of carbonyl (C=O) groups is 1. The van der Waals surface area contributed by atoms with E-state index >= 15 is 0 Å². The van der Waals surface area contributed by atoms with E-state index in [9.17, 15) is 4.79 Å². The lowest BCUT2D eigenvalue weighted by Crippen LogP contribution is -2.03. The van der Waals surface area contributed by atoms with Crippen molar-refractivity contribution in [2.45, 2.75) is 0 Å². The van der Waals surface area contributed by atoms with Crippen LogP contribution < -0.4 is 4.74 Å². The molecule has 0 aliphatic carbocycles. The molecule has 0 bridgehead atoms. The van der Waals surface area contributed by atoms with Gasteiger partial charge in [0, 0.05) is 4.47 Å². The van der Waals surface area contributed by atoms with Crippen molar-refractivity contribution in [1.82, 2.24) is 10.2 Å². The van der Waals surface area contributed by atoms with Gasteiger partial charge in [0.2, 0.25) is 0 Å². The molecule has 18 heavy (non-hydrogen) atoms. The summed E-state index contributed by atoms with van der Waals surface area (Å²) in [6.07, 6.45) is 1.28. The predicted octanol–water partition coefficient (Wildman–Crippen LogP) is 3.38. The van der Waals surface area contributed by atoms with E-state index < -0.39 is 5.97 Å². The SMILES string of the molecule is O=C(O)c1ccnnc1Oc1ccc(Br)cc1Cl. The van der Waals surface area contributed by atoms with Crippen LogP contribution in [-0.4, -0.2) is 21.3 Å². The van der Waals surface area contributed by atoms with Gasteiger partial charge in [0.1, 0.15) is 11.3 Å². The van der Waals surface area contributed by atoms with Crippen molar-refractivity contribution >= 4 is 33.5 Å². The Balaban J connectivity index is 2.37. The molecule has 2 rings (SSSR count). The minimum absolute atomic E-state index is 0.0796. The van der Waals surface area contributed by atoms with Crippen LogP contribution in [0.4, 0.5) is 0 Å². The number of hydrogen-bond donors (Lipinski definition) is 1. The van der Waals surface area contributed by atoms with E-state index in [2.05, 4.69) is 26.1 Å². The van der Waals surface area contributed by atoms with Crippen LogP contribution in [0.3, 0.4) is 0 Å². The fourth-order valence-electron chi connectivity index (χ4n) is 1.22. The van der Waals surface area contributed by atoms with Crippen molar-refractivity contribution in [3.8, 4) is 11.6 Å². The van der Waals surface area contributed by atoms with Crippen LogP contribution in [0.15, 0.2) is 34.9 Å². The highest BCUT2D eigenvalue weighted by molar-refractivity contribution is 9.10. The second-order valence-electron chi connectivity index (χ2n) is 3.23. The van der Waals surface area contributed by atoms with Gasteiger partial charge in [-0.25, -0.2) is 4.79 Å². The first-order chi connectivity index (χ1) is 8.58. The smallest absolute Gasteiger partial charge is 0.341 e. The van der Waals surface area contributed by atoms with Gasteiger partial charge >= 0.3 is 5.97 Å². The van der Waals surface area contributed by atoms with Crippen molar-refractivity contribution in [2.75, 3.05) is 0 Å². The molecule has 0 fully saturated rings. The minimum atomic E-state index is -1.15. The number of nitrogens with zero attached hydrogens (tertiary/aromatic N) is 2. The van der Waals surface area contributed by atoms with Gasteiger partial charge in [-0.05, 0) is 24.3 Å². The van der Waals surface area contributed by atoms with Crippen molar-refractivity contribution in [2.24, 2.45) is 0 Å². The van der Waals surface area contributed by atoms with E-state index in [4.69, 9.17) is 21.4 Å². The van der Waals surface area contributed by atoms with Crippen LogP contribution >= 0.6 is 27.5 Å². The van der Waals surface area contributed by atoms with Crippen LogP contribution in [0, 0.1) is 0 Å². The summed E-state index contributed by atoms with van der Waals surface area (Å²) in [4.78, 5) is 11.0. The van der Waals surface area contributed by atoms with Crippen molar-refractivity contribution in [1.29, 1.82) is 0 Å². The van der Waals surface area contributed by atoms with Crippen LogP contribution in [0.25, 0.3) is 0 Å². The number of halogens is 2. The fourth-order valence-corrected chi connectivity index (χ4v) is 1.93. The first-order valence-electron chi connectivity index (χ1n) is 4.76. The summed E-state index contributed by atoms with van der Waals surface area (Å²) < 4.78 is 6.14. The minimum Gasteiger partial charge on any atom is -0.477 e. The van der Waals surface area contributed by atoms with E-state index in [-0.39, 0.29) is 11.4 Å². The predicted molar refractivity (Wildman–Crippen MR) is 68.2 cm³/mol. The number of rotatable bonds is 3. The summed E-state index contributed by atoms with van der Waals surface area (Å²) in [7, 11) is 0. The Morgan fingerprint density at radius 3 is 2.83 bits per heavy atom. The maximum Gasteiger partial charge on any atom is 0.341 e. The summed E-state index contributed by atoms with van der Waals surface area (Å²) in [5.74, 6) is -0.940. The normalized spacial score (nSPS) is 10.1. The molecule has 0 unspecified atom stereocenters. The van der Waals surface area contributed by atoms with Crippen LogP contribution in [0.1, 0.15) is 10.4 Å². The zero-order valence-electron chi connectivity index (χ0n) is 8.80. The molecule has 1 N–H and O–H groups in total. The van der Waals surface area contributed by atoms with Gasteiger partial charge in [-0.15, -0.1) is 5.10 Å². The van der Waals surface area contributed by atoms with E-state index in [1.165, 1.54) is 12.3 Å². The number of carboxylic acids is 1. The van der Waals surface area contributed by atoms with E-state index in [0.717, 1.165) is 4.47 Å². The highest BCUT2D eigenvalue weighted by atomic mass is 79.9. The summed E-state index contributed by atoms with van der Waals surface area (Å²) in [6, 6.07) is 6.26. The van der Waals surface area contributed by atoms with E-state index in [1.807, 2.05) is 0 Å². The van der Waals surface area contributed by atoms with Gasteiger partial charge in [0.15, 0.2) is 0 Å². The first-order valence-corrected chi connectivity index (χ1v) is 5.93. The van der Waals surface area contributed by atoms with Gasteiger partial charge < -0.3 is 9.84 Å². The third kappa shape index (κ3) is 2.77. The van der Waals surface area contributed by atoms with Crippen LogP contribution in [0.2, 0.25) is 5.02 Å². The molecule has 0 amide bonds. The molecule has 0 saturated carbocycles. The largest absolute Gasteiger partial charge is 0.477 e. The molecular formula is C11H6BrClN2O3. The zero-order chi connectivity index (χ0) is 13.1. The molecule has 1 heterocycles. The maximum atomic E-state index is 11.0. The monoisotopic (exact) mass is 328 g/mol. The molecule has 2 aromatic rings. The molecule has 0 aliphatic rings. The average Bonchev–Trinajstić information content (AvgIpc) is 2.33. The third-order valence-electron chi connectivity index (χ3n) is 2.02. The summed E-state index contributed by atoms with van der Waals surface area (Å²) in [6.45, 7) is 0. The average molecular weight is 330 g/mol. The van der Waals surface area contributed by atoms with Gasteiger partial charge in [0.05, 0.1) is 11.2 Å². The Morgan fingerprint density at radius 1 is 1.39 bits per heavy atom. The number of aromatic nitrogens is 2. The number of hydrogen-bond acceptors (Lipinski definition) is 4. The highest BCUT2D eigenvalue weighted by Gasteiger charge is 2.14. The molecule has 1 aromatic carbocycles. The lowest BCUT2D eigenvalue weighted by atomic mass is 10.3. The molecular weight excluding hydrogens is 323 g/mol. The second kappa shape index (κ2) is 5.32. The summed E-state index contributed by atoms with van der Waals surface area (Å²) in [5, 5.41) is 16.5. The number of carboxylic acid groups (broad SMARTS) is 1. The van der Waals surface area contributed by atoms with Crippen molar-refractivity contribution < 1.29 is 14.6 Å². The van der Waals surface area contributed by atoms with E-state index in [0.29, 0.717) is 10.8 Å². The lowest BCUT2D eigenvalue weighted by molar-refractivity contribution is 0.0693. The van der Waals surface area contributed by atoms with E-state index in [1.54, 1.807) is 18.2 Å². The quantitative estimate of drug-likeness (QED) is 0.934. The number of ether oxygens (including phenoxy) is 1. The lowest BCUT2D eigenvalue weighted by Gasteiger charge is -2.08. The fraction of sp³-hybridized carbons (Fsp3) is 0. The van der Waals surface area contributed by atoms with Gasteiger partial charge in [-0.2, -0.15) is 5.10 Å². The van der Waals surface area contributed by atoms with Gasteiger partial charge in [-0.3, -0.25) is 0 Å². The molecule has 0 spiro atoms. The summed E-state index contributed by atoms with van der Waals surface area (Å²) in [5.41, 5.74) is -0.0796. The Bertz CT molecular complexity index is 607. The maximum absolute atomic E-state index is 11.0. The molecule has 0 atom stereocenters. The Hall–Kier alpha value is -1.66.